The van der Waals surface area contributed by atoms with Crippen molar-refractivity contribution < 1.29 is 0 Å². The van der Waals surface area contributed by atoms with Gasteiger partial charge < -0.3 is 11.5 Å². The van der Waals surface area contributed by atoms with Gasteiger partial charge in [-0.1, -0.05) is 40.9 Å². The van der Waals surface area contributed by atoms with Gasteiger partial charge in [0.1, 0.15) is 0 Å². The van der Waals surface area contributed by atoms with Crippen LogP contribution >= 0.6 is 34.8 Å². The minimum Gasteiger partial charge on any atom is -0.329 e. The molecule has 0 unspecified atom stereocenters. The lowest BCUT2D eigenvalue weighted by atomic mass is 10.1. The zero-order valence-electron chi connectivity index (χ0n) is 6.73. The highest BCUT2D eigenvalue weighted by molar-refractivity contribution is 6.48. The van der Waals surface area contributed by atoms with Crippen molar-refractivity contribution >= 4 is 34.8 Å². The maximum Gasteiger partial charge on any atom is 0.0781 e. The molecule has 2 nitrogen and oxygen atoms in total. The van der Waals surface area contributed by atoms with E-state index >= 15 is 0 Å². The van der Waals surface area contributed by atoms with E-state index in [1.807, 2.05) is 0 Å². The maximum atomic E-state index is 5.92. The van der Waals surface area contributed by atoms with Gasteiger partial charge in [-0.05, 0) is 11.6 Å². The summed E-state index contributed by atoms with van der Waals surface area (Å²) in [7, 11) is 0. The van der Waals surface area contributed by atoms with Crippen LogP contribution in [0.5, 0.6) is 0 Å². The van der Waals surface area contributed by atoms with Crippen LogP contribution in [-0.2, 0) is 0 Å². The average Bonchev–Trinajstić information content (AvgIpc) is 2.13. The first-order chi connectivity index (χ1) is 6.07. The molecule has 0 fully saturated rings. The van der Waals surface area contributed by atoms with Gasteiger partial charge >= 0.3 is 0 Å². The second-order valence-corrected chi connectivity index (χ2v) is 3.77. The molecule has 5 heteroatoms. The molecule has 72 valence electrons. The van der Waals surface area contributed by atoms with Crippen molar-refractivity contribution in [2.45, 2.75) is 6.04 Å². The molecule has 13 heavy (non-hydrogen) atoms. The Morgan fingerprint density at radius 1 is 1.15 bits per heavy atom. The lowest BCUT2D eigenvalue weighted by Crippen LogP contribution is -2.21. The Balaban J connectivity index is 3.18. The Kier molecular flexibility index (Phi) is 3.83. The van der Waals surface area contributed by atoms with E-state index in [2.05, 4.69) is 0 Å². The van der Waals surface area contributed by atoms with Crippen molar-refractivity contribution in [2.24, 2.45) is 11.5 Å². The van der Waals surface area contributed by atoms with Crippen LogP contribution in [0.25, 0.3) is 0 Å². The summed E-state index contributed by atoms with van der Waals surface area (Å²) in [6.45, 7) is 0.317. The smallest absolute Gasteiger partial charge is 0.0781 e. The molecule has 0 aliphatic heterocycles. The normalized spacial score (nSPS) is 13.0. The van der Waals surface area contributed by atoms with E-state index < -0.39 is 0 Å². The quantitative estimate of drug-likeness (QED) is 0.780. The molecule has 0 amide bonds. The fourth-order valence-corrected chi connectivity index (χ4v) is 1.64. The SMILES string of the molecule is NC[C@@H](N)c1ccc(Cl)c(Cl)c1Cl. The Morgan fingerprint density at radius 3 is 2.31 bits per heavy atom. The minimum atomic E-state index is -0.303. The summed E-state index contributed by atoms with van der Waals surface area (Å²) < 4.78 is 0. The molecular weight excluding hydrogens is 230 g/mol. The lowest BCUT2D eigenvalue weighted by molar-refractivity contribution is 0.737. The molecule has 0 aromatic heterocycles. The molecule has 0 aliphatic rings. The van der Waals surface area contributed by atoms with E-state index in [9.17, 15) is 0 Å². The molecule has 0 bridgehead atoms. The highest BCUT2D eigenvalue weighted by atomic mass is 35.5. The van der Waals surface area contributed by atoms with E-state index in [1.165, 1.54) is 0 Å². The summed E-state index contributed by atoms with van der Waals surface area (Å²) in [5, 5.41) is 1.12. The number of hydrogen-bond donors (Lipinski definition) is 2. The Hall–Kier alpha value is 0.01000. The van der Waals surface area contributed by atoms with Gasteiger partial charge in [-0.2, -0.15) is 0 Å². The second kappa shape index (κ2) is 4.49. The predicted octanol–water partition coefficient (Wildman–Crippen LogP) is 2.61. The number of hydrogen-bond acceptors (Lipinski definition) is 2. The summed E-state index contributed by atoms with van der Waals surface area (Å²) in [4.78, 5) is 0. The largest absolute Gasteiger partial charge is 0.329 e. The van der Waals surface area contributed by atoms with Crippen LogP contribution in [0.3, 0.4) is 0 Å². The number of rotatable bonds is 2. The van der Waals surface area contributed by atoms with E-state index in [0.29, 0.717) is 21.6 Å². The highest BCUT2D eigenvalue weighted by Gasteiger charge is 2.13. The maximum absolute atomic E-state index is 5.92. The van der Waals surface area contributed by atoms with Crippen molar-refractivity contribution in [3.63, 3.8) is 0 Å². The molecule has 1 aromatic carbocycles. The Bertz CT molecular complexity index is 315. The van der Waals surface area contributed by atoms with Crippen LogP contribution < -0.4 is 11.5 Å². The first-order valence-electron chi connectivity index (χ1n) is 3.67. The van der Waals surface area contributed by atoms with Crippen LogP contribution in [0.2, 0.25) is 15.1 Å². The summed E-state index contributed by atoms with van der Waals surface area (Å²) in [5.41, 5.74) is 11.8. The van der Waals surface area contributed by atoms with Crippen LogP contribution in [0.1, 0.15) is 11.6 Å². The molecular formula is C8H9Cl3N2. The predicted molar refractivity (Wildman–Crippen MR) is 57.5 cm³/mol. The zero-order valence-corrected chi connectivity index (χ0v) is 9.00. The van der Waals surface area contributed by atoms with Gasteiger partial charge in [0.25, 0.3) is 0 Å². The second-order valence-electron chi connectivity index (χ2n) is 2.61. The first-order valence-corrected chi connectivity index (χ1v) is 4.80. The van der Waals surface area contributed by atoms with Crippen molar-refractivity contribution in [1.29, 1.82) is 0 Å². The monoisotopic (exact) mass is 238 g/mol. The third-order valence-electron chi connectivity index (χ3n) is 1.72. The van der Waals surface area contributed by atoms with Crippen molar-refractivity contribution in [1.82, 2.24) is 0 Å². The number of benzene rings is 1. The van der Waals surface area contributed by atoms with Crippen LogP contribution in [0.15, 0.2) is 12.1 Å². The van der Waals surface area contributed by atoms with Crippen molar-refractivity contribution in [3.8, 4) is 0 Å². The van der Waals surface area contributed by atoms with Crippen molar-refractivity contribution in [3.05, 3.63) is 32.8 Å². The standard InChI is InChI=1S/C8H9Cl3N2/c9-5-2-1-4(6(13)3-12)7(10)8(5)11/h1-2,6H,3,12-13H2/t6-/m1/s1. The van der Waals surface area contributed by atoms with Gasteiger partial charge in [0.05, 0.1) is 15.1 Å². The van der Waals surface area contributed by atoms with Gasteiger partial charge in [0.15, 0.2) is 0 Å². The zero-order chi connectivity index (χ0) is 10.0. The topological polar surface area (TPSA) is 52.0 Å². The number of nitrogens with two attached hydrogens (primary N) is 2. The average molecular weight is 240 g/mol. The lowest BCUT2D eigenvalue weighted by Gasteiger charge is -2.12. The molecule has 1 aromatic rings. The molecule has 0 heterocycles. The van der Waals surface area contributed by atoms with Crippen LogP contribution in [0, 0.1) is 0 Å². The summed E-state index contributed by atoms with van der Waals surface area (Å²) >= 11 is 17.5. The van der Waals surface area contributed by atoms with Gasteiger partial charge in [-0.3, -0.25) is 0 Å². The molecule has 4 N–H and O–H groups in total. The van der Waals surface area contributed by atoms with E-state index in [-0.39, 0.29) is 6.04 Å². The Morgan fingerprint density at radius 2 is 1.77 bits per heavy atom. The minimum absolute atomic E-state index is 0.303. The van der Waals surface area contributed by atoms with Crippen LogP contribution in [-0.4, -0.2) is 6.54 Å². The third kappa shape index (κ3) is 2.27. The summed E-state index contributed by atoms with van der Waals surface area (Å²) in [6, 6.07) is 3.08. The molecule has 1 atom stereocenters. The fraction of sp³-hybridized carbons (Fsp3) is 0.250. The summed E-state index contributed by atoms with van der Waals surface area (Å²) in [5.74, 6) is 0. The van der Waals surface area contributed by atoms with Gasteiger partial charge in [0, 0.05) is 12.6 Å². The highest BCUT2D eigenvalue weighted by Crippen LogP contribution is 2.34. The number of halogens is 3. The Labute approximate surface area is 91.8 Å². The van der Waals surface area contributed by atoms with E-state index in [0.717, 1.165) is 5.56 Å². The first kappa shape index (κ1) is 11.1. The molecule has 0 radical (unpaired) electrons. The van der Waals surface area contributed by atoms with Gasteiger partial charge in [-0.15, -0.1) is 0 Å². The fourth-order valence-electron chi connectivity index (χ4n) is 0.954. The third-order valence-corrected chi connectivity index (χ3v) is 3.03. The summed E-state index contributed by atoms with van der Waals surface area (Å²) in [6.07, 6.45) is 0. The van der Waals surface area contributed by atoms with Gasteiger partial charge in [0.2, 0.25) is 0 Å². The van der Waals surface area contributed by atoms with E-state index in [4.69, 9.17) is 46.3 Å². The van der Waals surface area contributed by atoms with Gasteiger partial charge in [-0.25, -0.2) is 0 Å². The molecule has 0 spiro atoms. The van der Waals surface area contributed by atoms with Crippen molar-refractivity contribution in [2.75, 3.05) is 6.54 Å². The molecule has 1 rings (SSSR count). The van der Waals surface area contributed by atoms with Crippen LogP contribution in [0.4, 0.5) is 0 Å². The molecule has 0 saturated heterocycles. The van der Waals surface area contributed by atoms with E-state index in [1.54, 1.807) is 12.1 Å². The molecule has 0 aliphatic carbocycles. The molecule has 0 saturated carbocycles.